The second kappa shape index (κ2) is 3.69. The fraction of sp³-hybridized carbons (Fsp3) is 0.0909. The van der Waals surface area contributed by atoms with Crippen LogP contribution in [0.25, 0.3) is 16.7 Å². The van der Waals surface area contributed by atoms with Gasteiger partial charge in [0, 0.05) is 0 Å². The van der Waals surface area contributed by atoms with Gasteiger partial charge in [-0.1, -0.05) is 12.6 Å². The Balaban J connectivity index is 2.42. The van der Waals surface area contributed by atoms with Crippen LogP contribution < -0.4 is 5.76 Å². The SMILES string of the molecule is C=C(CC(=O)O)c1ccc2[nH]c(=O)oc2c1. The lowest BCUT2D eigenvalue weighted by molar-refractivity contribution is -0.135. The molecule has 1 aromatic carbocycles. The minimum absolute atomic E-state index is 0.139. The molecule has 5 nitrogen and oxygen atoms in total. The van der Waals surface area contributed by atoms with Gasteiger partial charge >= 0.3 is 11.7 Å². The number of nitrogens with one attached hydrogen (secondary N) is 1. The average Bonchev–Trinajstić information content (AvgIpc) is 2.55. The van der Waals surface area contributed by atoms with Crippen LogP contribution in [0.5, 0.6) is 0 Å². The summed E-state index contributed by atoms with van der Waals surface area (Å²) in [6.45, 7) is 3.67. The number of hydrogen-bond acceptors (Lipinski definition) is 3. The molecule has 0 aliphatic rings. The molecular weight excluding hydrogens is 210 g/mol. The van der Waals surface area contributed by atoms with Gasteiger partial charge in [-0.2, -0.15) is 0 Å². The molecular formula is C11H9NO4. The van der Waals surface area contributed by atoms with E-state index < -0.39 is 11.7 Å². The van der Waals surface area contributed by atoms with E-state index in [1.807, 2.05) is 0 Å². The van der Waals surface area contributed by atoms with Gasteiger partial charge in [0.25, 0.3) is 0 Å². The van der Waals surface area contributed by atoms with Crippen molar-refractivity contribution in [1.82, 2.24) is 4.98 Å². The largest absolute Gasteiger partial charge is 0.481 e. The normalized spacial score (nSPS) is 10.5. The Kier molecular flexibility index (Phi) is 2.36. The van der Waals surface area contributed by atoms with Crippen molar-refractivity contribution in [1.29, 1.82) is 0 Å². The van der Waals surface area contributed by atoms with Crippen molar-refractivity contribution in [3.63, 3.8) is 0 Å². The molecule has 0 saturated heterocycles. The van der Waals surface area contributed by atoms with Crippen LogP contribution in [0.3, 0.4) is 0 Å². The first-order chi connectivity index (χ1) is 7.56. The Labute approximate surface area is 90.0 Å². The van der Waals surface area contributed by atoms with Gasteiger partial charge in [0.15, 0.2) is 5.58 Å². The van der Waals surface area contributed by atoms with Crippen LogP contribution in [0.4, 0.5) is 0 Å². The first kappa shape index (κ1) is 10.2. The average molecular weight is 219 g/mol. The standard InChI is InChI=1S/C11H9NO4/c1-6(4-10(13)14)7-2-3-8-9(5-7)16-11(15)12-8/h2-3,5H,1,4H2,(H,12,15)(H,13,14). The smallest absolute Gasteiger partial charge is 0.417 e. The topological polar surface area (TPSA) is 83.3 Å². The van der Waals surface area contributed by atoms with Gasteiger partial charge in [-0.05, 0) is 23.3 Å². The molecule has 0 spiro atoms. The maximum atomic E-state index is 10.9. The predicted octanol–water partition coefficient (Wildman–Crippen LogP) is 1.61. The van der Waals surface area contributed by atoms with Gasteiger partial charge in [-0.3, -0.25) is 9.78 Å². The first-order valence-electron chi connectivity index (χ1n) is 4.59. The van der Waals surface area contributed by atoms with Gasteiger partial charge in [0.1, 0.15) is 0 Å². The van der Waals surface area contributed by atoms with E-state index in [0.29, 0.717) is 22.2 Å². The summed E-state index contributed by atoms with van der Waals surface area (Å²) in [5.74, 6) is -1.48. The molecule has 1 aromatic heterocycles. The highest BCUT2D eigenvalue weighted by molar-refractivity contribution is 5.86. The Morgan fingerprint density at radius 3 is 2.94 bits per heavy atom. The zero-order valence-corrected chi connectivity index (χ0v) is 8.32. The van der Waals surface area contributed by atoms with Gasteiger partial charge in [-0.25, -0.2) is 4.79 Å². The van der Waals surface area contributed by atoms with Gasteiger partial charge in [-0.15, -0.1) is 0 Å². The molecule has 2 aromatic rings. The van der Waals surface area contributed by atoms with Crippen molar-refractivity contribution >= 4 is 22.6 Å². The molecule has 0 fully saturated rings. The number of aromatic nitrogens is 1. The third-order valence-corrected chi connectivity index (χ3v) is 2.19. The summed E-state index contributed by atoms with van der Waals surface area (Å²) in [6, 6.07) is 4.94. The number of carbonyl (C=O) groups is 1. The number of oxazole rings is 1. The third kappa shape index (κ3) is 1.88. The lowest BCUT2D eigenvalue weighted by atomic mass is 10.0. The van der Waals surface area contributed by atoms with Gasteiger partial charge in [0.2, 0.25) is 0 Å². The van der Waals surface area contributed by atoms with Crippen molar-refractivity contribution in [2.75, 3.05) is 0 Å². The lowest BCUT2D eigenvalue weighted by Gasteiger charge is -2.01. The molecule has 0 bridgehead atoms. The minimum Gasteiger partial charge on any atom is -0.481 e. The second-order valence-electron chi connectivity index (χ2n) is 3.40. The molecule has 2 rings (SSSR count). The molecule has 82 valence electrons. The third-order valence-electron chi connectivity index (χ3n) is 2.19. The summed E-state index contributed by atoms with van der Waals surface area (Å²) >= 11 is 0. The minimum atomic E-state index is -0.944. The van der Waals surface area contributed by atoms with Crippen LogP contribution in [-0.4, -0.2) is 16.1 Å². The zero-order valence-electron chi connectivity index (χ0n) is 8.32. The Morgan fingerprint density at radius 2 is 2.25 bits per heavy atom. The molecule has 16 heavy (non-hydrogen) atoms. The van der Waals surface area contributed by atoms with Crippen molar-refractivity contribution < 1.29 is 14.3 Å². The molecule has 5 heteroatoms. The van der Waals surface area contributed by atoms with E-state index in [-0.39, 0.29) is 6.42 Å². The molecule has 0 aliphatic heterocycles. The first-order valence-corrected chi connectivity index (χ1v) is 4.59. The summed E-state index contributed by atoms with van der Waals surface area (Å²) in [5, 5.41) is 8.62. The number of benzene rings is 1. The quantitative estimate of drug-likeness (QED) is 0.821. The number of carboxylic acids is 1. The molecule has 1 heterocycles. The van der Waals surface area contributed by atoms with E-state index >= 15 is 0 Å². The van der Waals surface area contributed by atoms with Crippen LogP contribution >= 0.6 is 0 Å². The fourth-order valence-corrected chi connectivity index (χ4v) is 1.45. The van der Waals surface area contributed by atoms with E-state index in [2.05, 4.69) is 11.6 Å². The highest BCUT2D eigenvalue weighted by Gasteiger charge is 2.07. The van der Waals surface area contributed by atoms with Crippen molar-refractivity contribution in [3.05, 3.63) is 40.9 Å². The van der Waals surface area contributed by atoms with Crippen LogP contribution in [0.1, 0.15) is 12.0 Å². The van der Waals surface area contributed by atoms with Crippen molar-refractivity contribution in [2.45, 2.75) is 6.42 Å². The van der Waals surface area contributed by atoms with E-state index in [9.17, 15) is 9.59 Å². The number of aliphatic carboxylic acids is 1. The number of aromatic amines is 1. The van der Waals surface area contributed by atoms with Crippen LogP contribution in [0.2, 0.25) is 0 Å². The Hall–Kier alpha value is -2.30. The number of carboxylic acid groups (broad SMARTS) is 1. The zero-order chi connectivity index (χ0) is 11.7. The Morgan fingerprint density at radius 1 is 1.50 bits per heavy atom. The summed E-state index contributed by atoms with van der Waals surface area (Å²) in [4.78, 5) is 23.9. The summed E-state index contributed by atoms with van der Waals surface area (Å²) in [5.41, 5.74) is 2.10. The molecule has 0 radical (unpaired) electrons. The monoisotopic (exact) mass is 219 g/mol. The van der Waals surface area contributed by atoms with Gasteiger partial charge < -0.3 is 9.52 Å². The van der Waals surface area contributed by atoms with Gasteiger partial charge in [0.05, 0.1) is 11.9 Å². The number of hydrogen-bond donors (Lipinski definition) is 2. The summed E-state index contributed by atoms with van der Waals surface area (Å²) in [6.07, 6.45) is -0.139. The number of rotatable bonds is 3. The van der Waals surface area contributed by atoms with E-state index in [0.717, 1.165) is 0 Å². The van der Waals surface area contributed by atoms with Crippen LogP contribution in [0, 0.1) is 0 Å². The molecule has 0 unspecified atom stereocenters. The predicted molar refractivity (Wildman–Crippen MR) is 58.1 cm³/mol. The molecule has 0 aliphatic carbocycles. The maximum Gasteiger partial charge on any atom is 0.417 e. The van der Waals surface area contributed by atoms with Crippen LogP contribution in [0.15, 0.2) is 34.0 Å². The van der Waals surface area contributed by atoms with Crippen molar-refractivity contribution in [2.24, 2.45) is 0 Å². The number of fused-ring (bicyclic) bond motifs is 1. The molecule has 0 atom stereocenters. The van der Waals surface area contributed by atoms with E-state index in [1.54, 1.807) is 18.2 Å². The fourth-order valence-electron chi connectivity index (χ4n) is 1.45. The second-order valence-corrected chi connectivity index (χ2v) is 3.40. The maximum absolute atomic E-state index is 10.9. The highest BCUT2D eigenvalue weighted by atomic mass is 16.4. The van der Waals surface area contributed by atoms with E-state index in [4.69, 9.17) is 9.52 Å². The molecule has 2 N–H and O–H groups in total. The van der Waals surface area contributed by atoms with Crippen LogP contribution in [-0.2, 0) is 4.79 Å². The van der Waals surface area contributed by atoms with E-state index in [1.165, 1.54) is 0 Å². The van der Waals surface area contributed by atoms with Crippen molar-refractivity contribution in [3.8, 4) is 0 Å². The number of H-pyrrole nitrogens is 1. The lowest BCUT2D eigenvalue weighted by Crippen LogP contribution is -1.95. The summed E-state index contributed by atoms with van der Waals surface area (Å²) in [7, 11) is 0. The molecule has 0 amide bonds. The summed E-state index contributed by atoms with van der Waals surface area (Å²) < 4.78 is 4.86. The Bertz CT molecular complexity index is 620. The highest BCUT2D eigenvalue weighted by Crippen LogP contribution is 2.20. The molecule has 0 saturated carbocycles.